The second-order valence-electron chi connectivity index (χ2n) is 5.93. The molecule has 1 aromatic carbocycles. The number of nitrogens with zero attached hydrogens (tertiary/aromatic N) is 2. The van der Waals surface area contributed by atoms with Crippen LogP contribution in [0.25, 0.3) is 11.0 Å². The number of aryl methyl sites for hydroxylation is 1. The minimum atomic E-state index is -0.942. The van der Waals surface area contributed by atoms with Crippen LogP contribution < -0.4 is 5.32 Å². The Balaban J connectivity index is 1.97. The molecular weight excluding hydrogens is 338 g/mol. The minimum Gasteiger partial charge on any atom is -0.465 e. The second kappa shape index (κ2) is 6.00. The monoisotopic (exact) mass is 355 g/mol. The minimum absolute atomic E-state index is 0.232. The smallest absolute Gasteiger partial charge is 0.321 e. The van der Waals surface area contributed by atoms with E-state index in [1.165, 1.54) is 11.3 Å². The van der Waals surface area contributed by atoms with Crippen molar-refractivity contribution in [2.75, 3.05) is 11.9 Å². The maximum absolute atomic E-state index is 12.7. The Morgan fingerprint density at radius 3 is 2.88 bits per heavy atom. The lowest BCUT2D eigenvalue weighted by atomic mass is 9.93. The summed E-state index contributed by atoms with van der Waals surface area (Å²) in [6.07, 6.45) is 0. The van der Waals surface area contributed by atoms with Gasteiger partial charge in [0.1, 0.15) is 0 Å². The molecule has 7 heteroatoms. The van der Waals surface area contributed by atoms with Crippen molar-refractivity contribution in [2.45, 2.75) is 19.9 Å². The molecule has 0 saturated heterocycles. The Kier molecular flexibility index (Phi) is 3.80. The fourth-order valence-electron chi connectivity index (χ4n) is 3.32. The van der Waals surface area contributed by atoms with Crippen LogP contribution in [-0.4, -0.2) is 28.0 Å². The highest BCUT2D eigenvalue weighted by atomic mass is 32.1. The molecule has 1 aliphatic rings. The molecule has 0 aliphatic carbocycles. The molecule has 1 amide bonds. The van der Waals surface area contributed by atoms with Crippen LogP contribution >= 0.6 is 11.3 Å². The first kappa shape index (κ1) is 15.8. The highest BCUT2D eigenvalue weighted by Crippen LogP contribution is 2.41. The zero-order valence-electron chi connectivity index (χ0n) is 13.9. The highest BCUT2D eigenvalue weighted by Gasteiger charge is 2.45. The van der Waals surface area contributed by atoms with Crippen molar-refractivity contribution in [1.29, 1.82) is 0 Å². The number of hydrogen-bond acceptors (Lipinski definition) is 5. The number of fused-ring (bicyclic) bond motifs is 3. The van der Waals surface area contributed by atoms with E-state index in [-0.39, 0.29) is 12.5 Å². The van der Waals surface area contributed by atoms with Gasteiger partial charge in [0, 0.05) is 4.88 Å². The molecular formula is C18H17N3O3S. The number of anilines is 1. The summed E-state index contributed by atoms with van der Waals surface area (Å²) in [6, 6.07) is 9.19. The first-order valence-electron chi connectivity index (χ1n) is 8.10. The summed E-state index contributed by atoms with van der Waals surface area (Å²) in [7, 11) is 0. The SMILES string of the molecule is CCOC(=O)[C@H]1C(=O)Nc2nc3ccccc3n2[C@@H]1c1sccc1C. The standard InChI is InChI=1S/C18H17N3O3S/c1-3-24-17(23)13-14(15-10(2)8-9-25-15)21-12-7-5-4-6-11(12)19-18(21)20-16(13)22/h4-9,13-14H,3H2,1-2H3,(H,19,20,22)/t13-,14+/m1/s1. The van der Waals surface area contributed by atoms with E-state index in [9.17, 15) is 9.59 Å². The molecule has 4 rings (SSSR count). The van der Waals surface area contributed by atoms with Gasteiger partial charge in [-0.15, -0.1) is 11.3 Å². The van der Waals surface area contributed by atoms with E-state index in [1.54, 1.807) is 6.92 Å². The van der Waals surface area contributed by atoms with E-state index in [1.807, 2.05) is 47.2 Å². The number of nitrogens with one attached hydrogen (secondary N) is 1. The number of imidazole rings is 1. The van der Waals surface area contributed by atoms with Crippen LogP contribution in [0.2, 0.25) is 0 Å². The van der Waals surface area contributed by atoms with Gasteiger partial charge in [0.05, 0.1) is 23.7 Å². The van der Waals surface area contributed by atoms with E-state index in [0.29, 0.717) is 5.95 Å². The van der Waals surface area contributed by atoms with Crippen molar-refractivity contribution in [2.24, 2.45) is 5.92 Å². The Labute approximate surface area is 148 Å². The third-order valence-electron chi connectivity index (χ3n) is 4.42. The van der Waals surface area contributed by atoms with Crippen molar-refractivity contribution in [3.05, 3.63) is 46.2 Å². The van der Waals surface area contributed by atoms with Gasteiger partial charge >= 0.3 is 5.97 Å². The summed E-state index contributed by atoms with van der Waals surface area (Å²) in [4.78, 5) is 30.8. The molecule has 1 N–H and O–H groups in total. The molecule has 128 valence electrons. The molecule has 3 heterocycles. The lowest BCUT2D eigenvalue weighted by Gasteiger charge is -2.31. The number of aromatic nitrogens is 2. The molecule has 0 spiro atoms. The van der Waals surface area contributed by atoms with E-state index in [0.717, 1.165) is 21.5 Å². The molecule has 0 saturated carbocycles. The fraction of sp³-hybridized carbons (Fsp3) is 0.278. The molecule has 1 aliphatic heterocycles. The molecule has 0 radical (unpaired) electrons. The van der Waals surface area contributed by atoms with Crippen LogP contribution in [-0.2, 0) is 14.3 Å². The average Bonchev–Trinajstić information content (AvgIpc) is 3.16. The zero-order chi connectivity index (χ0) is 17.6. The summed E-state index contributed by atoms with van der Waals surface area (Å²) >= 11 is 1.54. The summed E-state index contributed by atoms with van der Waals surface area (Å²) in [6.45, 7) is 3.96. The van der Waals surface area contributed by atoms with Gasteiger partial charge in [-0.25, -0.2) is 4.98 Å². The van der Waals surface area contributed by atoms with Crippen LogP contribution in [0.5, 0.6) is 0 Å². The van der Waals surface area contributed by atoms with Crippen molar-refractivity contribution >= 4 is 40.2 Å². The third-order valence-corrected chi connectivity index (χ3v) is 5.51. The fourth-order valence-corrected chi connectivity index (χ4v) is 4.37. The van der Waals surface area contributed by atoms with Crippen LogP contribution in [0.3, 0.4) is 0 Å². The molecule has 2 atom stereocenters. The first-order chi connectivity index (χ1) is 12.1. The van der Waals surface area contributed by atoms with Crippen LogP contribution in [0.4, 0.5) is 5.95 Å². The number of esters is 1. The quantitative estimate of drug-likeness (QED) is 0.579. The predicted molar refractivity (Wildman–Crippen MR) is 95.7 cm³/mol. The Bertz CT molecular complexity index is 975. The van der Waals surface area contributed by atoms with E-state index in [2.05, 4.69) is 10.3 Å². The Morgan fingerprint density at radius 1 is 1.36 bits per heavy atom. The van der Waals surface area contributed by atoms with Gasteiger partial charge < -0.3 is 9.30 Å². The molecule has 0 unspecified atom stereocenters. The third kappa shape index (κ3) is 2.42. The molecule has 6 nitrogen and oxygen atoms in total. The molecule has 2 aromatic heterocycles. The van der Waals surface area contributed by atoms with Gasteiger partial charge in [-0.2, -0.15) is 0 Å². The number of thiophene rings is 1. The number of ether oxygens (including phenoxy) is 1. The van der Waals surface area contributed by atoms with Gasteiger partial charge in [-0.3, -0.25) is 14.9 Å². The van der Waals surface area contributed by atoms with Crippen molar-refractivity contribution < 1.29 is 14.3 Å². The van der Waals surface area contributed by atoms with Gasteiger partial charge in [-0.1, -0.05) is 12.1 Å². The predicted octanol–water partition coefficient (Wildman–Crippen LogP) is 3.13. The van der Waals surface area contributed by atoms with E-state index >= 15 is 0 Å². The summed E-state index contributed by atoms with van der Waals surface area (Å²) < 4.78 is 7.14. The Morgan fingerprint density at radius 2 is 2.16 bits per heavy atom. The number of hydrogen-bond donors (Lipinski definition) is 1. The van der Waals surface area contributed by atoms with Gasteiger partial charge in [0.15, 0.2) is 5.92 Å². The molecule has 3 aromatic rings. The first-order valence-corrected chi connectivity index (χ1v) is 8.98. The maximum Gasteiger partial charge on any atom is 0.321 e. The maximum atomic E-state index is 12.7. The molecule has 25 heavy (non-hydrogen) atoms. The summed E-state index contributed by atoms with van der Waals surface area (Å²) in [5.41, 5.74) is 2.70. The normalized spacial score (nSPS) is 19.5. The number of amides is 1. The molecule has 0 bridgehead atoms. The number of carbonyl (C=O) groups excluding carboxylic acids is 2. The van der Waals surface area contributed by atoms with Crippen molar-refractivity contribution in [3.63, 3.8) is 0 Å². The largest absolute Gasteiger partial charge is 0.465 e. The van der Waals surface area contributed by atoms with Crippen LogP contribution in [0, 0.1) is 12.8 Å². The van der Waals surface area contributed by atoms with Gasteiger partial charge in [0.25, 0.3) is 0 Å². The average molecular weight is 355 g/mol. The number of rotatable bonds is 3. The second-order valence-corrected chi connectivity index (χ2v) is 6.87. The summed E-state index contributed by atoms with van der Waals surface area (Å²) in [5.74, 6) is -1.37. The topological polar surface area (TPSA) is 73.2 Å². The van der Waals surface area contributed by atoms with Gasteiger partial charge in [0.2, 0.25) is 11.9 Å². The lowest BCUT2D eigenvalue weighted by Crippen LogP contribution is -2.43. The number of benzene rings is 1. The van der Waals surface area contributed by atoms with Crippen LogP contribution in [0.1, 0.15) is 23.4 Å². The summed E-state index contributed by atoms with van der Waals surface area (Å²) in [5, 5.41) is 4.74. The Hall–Kier alpha value is -2.67. The molecule has 0 fully saturated rings. The van der Waals surface area contributed by atoms with E-state index in [4.69, 9.17) is 4.74 Å². The zero-order valence-corrected chi connectivity index (χ0v) is 14.7. The van der Waals surface area contributed by atoms with E-state index < -0.39 is 17.9 Å². The van der Waals surface area contributed by atoms with Crippen LogP contribution in [0.15, 0.2) is 35.7 Å². The lowest BCUT2D eigenvalue weighted by molar-refractivity contribution is -0.152. The van der Waals surface area contributed by atoms with Crippen molar-refractivity contribution in [3.8, 4) is 0 Å². The number of carbonyl (C=O) groups is 2. The van der Waals surface area contributed by atoms with Crippen molar-refractivity contribution in [1.82, 2.24) is 9.55 Å². The highest BCUT2D eigenvalue weighted by molar-refractivity contribution is 7.10. The number of para-hydroxylation sites is 2. The van der Waals surface area contributed by atoms with Gasteiger partial charge in [-0.05, 0) is 43.0 Å².